The van der Waals surface area contributed by atoms with Crippen LogP contribution in [0.4, 0.5) is 0 Å². The molecule has 0 aliphatic carbocycles. The maximum Gasteiger partial charge on any atom is 0.231 e. The molecule has 1 aliphatic rings. The molecular formula is C11H23N3O2. The number of nitrogens with zero attached hydrogens (tertiary/aromatic N) is 1. The highest BCUT2D eigenvalue weighted by Gasteiger charge is 2.20. The van der Waals surface area contributed by atoms with Crippen LogP contribution in [0.15, 0.2) is 0 Å². The van der Waals surface area contributed by atoms with Crippen LogP contribution >= 0.6 is 0 Å². The Kier molecular flexibility index (Phi) is 6.37. The fraction of sp³-hybridized carbons (Fsp3) is 0.909. The molecule has 16 heavy (non-hydrogen) atoms. The number of methoxy groups -OCH3 is 1. The van der Waals surface area contributed by atoms with Gasteiger partial charge in [-0.15, -0.1) is 0 Å². The van der Waals surface area contributed by atoms with Gasteiger partial charge in [0.05, 0.1) is 13.2 Å². The summed E-state index contributed by atoms with van der Waals surface area (Å²) in [7, 11) is 1.71. The van der Waals surface area contributed by atoms with Crippen LogP contribution in [-0.2, 0) is 9.53 Å². The van der Waals surface area contributed by atoms with Crippen molar-refractivity contribution in [1.29, 1.82) is 0 Å². The molecule has 1 heterocycles. The van der Waals surface area contributed by atoms with Gasteiger partial charge in [0.15, 0.2) is 0 Å². The summed E-state index contributed by atoms with van der Waals surface area (Å²) in [5.41, 5.74) is 5.20. The van der Waals surface area contributed by atoms with Crippen LogP contribution in [0.25, 0.3) is 0 Å². The maximum atomic E-state index is 10.8. The van der Waals surface area contributed by atoms with Crippen molar-refractivity contribution in [3.8, 4) is 0 Å². The van der Waals surface area contributed by atoms with Gasteiger partial charge in [-0.2, -0.15) is 0 Å². The molecule has 1 aliphatic heterocycles. The highest BCUT2D eigenvalue weighted by molar-refractivity contribution is 5.75. The number of rotatable bonds is 7. The average molecular weight is 229 g/mol. The van der Waals surface area contributed by atoms with Crippen LogP contribution in [0.2, 0.25) is 0 Å². The summed E-state index contributed by atoms with van der Waals surface area (Å²) in [5.74, 6) is 0.401. The maximum absolute atomic E-state index is 10.8. The molecule has 0 saturated carbocycles. The van der Waals surface area contributed by atoms with Crippen molar-refractivity contribution in [2.24, 2.45) is 11.7 Å². The molecule has 1 fully saturated rings. The number of hydrogen-bond acceptors (Lipinski definition) is 4. The smallest absolute Gasteiger partial charge is 0.231 e. The first kappa shape index (κ1) is 13.4. The summed E-state index contributed by atoms with van der Waals surface area (Å²) in [6, 6.07) is 0. The predicted molar refractivity (Wildman–Crippen MR) is 63.1 cm³/mol. The SMILES string of the molecule is COCCNCC1CCCN(CC(N)=O)C1. The van der Waals surface area contributed by atoms with E-state index in [-0.39, 0.29) is 5.91 Å². The standard InChI is InChI=1S/C11H23N3O2/c1-16-6-4-13-7-10-3-2-5-14(8-10)9-11(12)15/h10,13H,2-9H2,1H3,(H2,12,15). The lowest BCUT2D eigenvalue weighted by molar-refractivity contribution is -0.119. The van der Waals surface area contributed by atoms with Gasteiger partial charge in [-0.3, -0.25) is 9.69 Å². The van der Waals surface area contributed by atoms with E-state index >= 15 is 0 Å². The summed E-state index contributed by atoms with van der Waals surface area (Å²) in [4.78, 5) is 13.0. The van der Waals surface area contributed by atoms with Gasteiger partial charge in [-0.1, -0.05) is 0 Å². The molecule has 1 rings (SSSR count). The molecule has 0 aromatic heterocycles. The van der Waals surface area contributed by atoms with E-state index in [9.17, 15) is 4.79 Å². The molecule has 3 N–H and O–H groups in total. The third-order valence-electron chi connectivity index (χ3n) is 2.90. The van der Waals surface area contributed by atoms with Crippen molar-refractivity contribution >= 4 is 5.91 Å². The first-order valence-corrected chi connectivity index (χ1v) is 5.92. The lowest BCUT2D eigenvalue weighted by atomic mass is 9.98. The monoisotopic (exact) mass is 229 g/mol. The van der Waals surface area contributed by atoms with Gasteiger partial charge < -0.3 is 15.8 Å². The molecule has 1 unspecified atom stereocenters. The number of piperidine rings is 1. The van der Waals surface area contributed by atoms with Crippen molar-refractivity contribution in [2.45, 2.75) is 12.8 Å². The number of likely N-dealkylation sites (tertiary alicyclic amines) is 1. The zero-order chi connectivity index (χ0) is 11.8. The Morgan fingerprint density at radius 3 is 3.12 bits per heavy atom. The number of hydrogen-bond donors (Lipinski definition) is 2. The van der Waals surface area contributed by atoms with Crippen molar-refractivity contribution in [1.82, 2.24) is 10.2 Å². The van der Waals surface area contributed by atoms with Gasteiger partial charge in [0.25, 0.3) is 0 Å². The Bertz CT molecular complexity index is 211. The van der Waals surface area contributed by atoms with Crippen LogP contribution < -0.4 is 11.1 Å². The highest BCUT2D eigenvalue weighted by atomic mass is 16.5. The van der Waals surface area contributed by atoms with Gasteiger partial charge in [0, 0.05) is 20.2 Å². The number of nitrogens with one attached hydrogen (secondary N) is 1. The summed E-state index contributed by atoms with van der Waals surface area (Å²) < 4.78 is 4.97. The van der Waals surface area contributed by atoms with E-state index in [1.54, 1.807) is 7.11 Å². The molecule has 5 heteroatoms. The molecule has 94 valence electrons. The van der Waals surface area contributed by atoms with Crippen LogP contribution in [0, 0.1) is 5.92 Å². The van der Waals surface area contributed by atoms with E-state index in [1.807, 2.05) is 0 Å². The van der Waals surface area contributed by atoms with Crippen LogP contribution in [0.5, 0.6) is 0 Å². The molecule has 5 nitrogen and oxygen atoms in total. The van der Waals surface area contributed by atoms with Crippen molar-refractivity contribution in [3.05, 3.63) is 0 Å². The van der Waals surface area contributed by atoms with Gasteiger partial charge in [-0.25, -0.2) is 0 Å². The van der Waals surface area contributed by atoms with E-state index < -0.39 is 0 Å². The minimum absolute atomic E-state index is 0.229. The number of nitrogens with two attached hydrogens (primary N) is 1. The zero-order valence-electron chi connectivity index (χ0n) is 10.1. The lowest BCUT2D eigenvalue weighted by Crippen LogP contribution is -2.43. The number of ether oxygens (including phenoxy) is 1. The van der Waals surface area contributed by atoms with Gasteiger partial charge in [0.1, 0.15) is 0 Å². The Morgan fingerprint density at radius 1 is 1.62 bits per heavy atom. The molecule has 0 bridgehead atoms. The molecule has 0 aromatic rings. The molecule has 0 radical (unpaired) electrons. The van der Waals surface area contributed by atoms with E-state index in [1.165, 1.54) is 6.42 Å². The third-order valence-corrected chi connectivity index (χ3v) is 2.90. The first-order chi connectivity index (χ1) is 7.72. The number of primary amides is 1. The van der Waals surface area contributed by atoms with Gasteiger partial charge in [0.2, 0.25) is 5.91 Å². The Balaban J connectivity index is 2.14. The van der Waals surface area contributed by atoms with Crippen LogP contribution in [0.3, 0.4) is 0 Å². The summed E-state index contributed by atoms with van der Waals surface area (Å²) in [5, 5.41) is 3.36. The van der Waals surface area contributed by atoms with Gasteiger partial charge >= 0.3 is 0 Å². The Hall–Kier alpha value is -0.650. The molecule has 1 saturated heterocycles. The topological polar surface area (TPSA) is 67.6 Å². The summed E-state index contributed by atoms with van der Waals surface area (Å²) in [6.07, 6.45) is 2.39. The minimum Gasteiger partial charge on any atom is -0.383 e. The first-order valence-electron chi connectivity index (χ1n) is 5.92. The largest absolute Gasteiger partial charge is 0.383 e. The normalized spacial score (nSPS) is 22.2. The average Bonchev–Trinajstić information content (AvgIpc) is 2.24. The fourth-order valence-electron chi connectivity index (χ4n) is 2.16. The number of amides is 1. The van der Waals surface area contributed by atoms with E-state index in [0.29, 0.717) is 12.5 Å². The highest BCUT2D eigenvalue weighted by Crippen LogP contribution is 2.14. The molecule has 1 atom stereocenters. The lowest BCUT2D eigenvalue weighted by Gasteiger charge is -2.31. The summed E-state index contributed by atoms with van der Waals surface area (Å²) >= 11 is 0. The van der Waals surface area contributed by atoms with Crippen LogP contribution in [0.1, 0.15) is 12.8 Å². The van der Waals surface area contributed by atoms with E-state index in [4.69, 9.17) is 10.5 Å². The van der Waals surface area contributed by atoms with Crippen molar-refractivity contribution in [3.63, 3.8) is 0 Å². The summed E-state index contributed by atoms with van der Waals surface area (Å²) in [6.45, 7) is 5.01. The molecule has 1 amide bonds. The third kappa shape index (κ3) is 5.44. The van der Waals surface area contributed by atoms with Crippen LogP contribution in [-0.4, -0.2) is 57.2 Å². The molecule has 0 spiro atoms. The quantitative estimate of drug-likeness (QED) is 0.573. The molecule has 0 aromatic carbocycles. The number of carbonyl (C=O) groups is 1. The Labute approximate surface area is 97.3 Å². The van der Waals surface area contributed by atoms with E-state index in [2.05, 4.69) is 10.2 Å². The Morgan fingerprint density at radius 2 is 2.44 bits per heavy atom. The van der Waals surface area contributed by atoms with Crippen molar-refractivity contribution < 1.29 is 9.53 Å². The van der Waals surface area contributed by atoms with Gasteiger partial charge in [-0.05, 0) is 31.8 Å². The second-order valence-corrected chi connectivity index (χ2v) is 4.41. The van der Waals surface area contributed by atoms with E-state index in [0.717, 1.165) is 39.2 Å². The molecular weight excluding hydrogens is 206 g/mol. The second-order valence-electron chi connectivity index (χ2n) is 4.41. The predicted octanol–water partition coefficient (Wildman–Crippen LogP) is -0.580. The minimum atomic E-state index is -0.229. The second kappa shape index (κ2) is 7.60. The fourth-order valence-corrected chi connectivity index (χ4v) is 2.16. The zero-order valence-corrected chi connectivity index (χ0v) is 10.1. The van der Waals surface area contributed by atoms with Crippen molar-refractivity contribution in [2.75, 3.05) is 46.4 Å². The number of carbonyl (C=O) groups excluding carboxylic acids is 1.